The molecule has 0 aromatic carbocycles. The number of carbonyl (C=O) groups is 10. The van der Waals surface area contributed by atoms with E-state index in [-0.39, 0.29) is 44.1 Å². The van der Waals surface area contributed by atoms with Crippen molar-refractivity contribution in [3.8, 4) is 0 Å². The van der Waals surface area contributed by atoms with Gasteiger partial charge in [-0.15, -0.1) is 0 Å². The van der Waals surface area contributed by atoms with Crippen LogP contribution >= 0.6 is 0 Å². The van der Waals surface area contributed by atoms with Crippen LogP contribution in [0.3, 0.4) is 0 Å². The zero-order valence-electron chi connectivity index (χ0n) is 38.2. The first-order valence-corrected chi connectivity index (χ1v) is 21.3. The first-order chi connectivity index (χ1) is 30.2. The average Bonchev–Trinajstić information content (AvgIpc) is 3.20. The molecule has 0 aromatic heterocycles. The zero-order valence-corrected chi connectivity index (χ0v) is 38.2. The number of aliphatic carboxylic acids is 1. The molecule has 0 aliphatic rings. The number of aliphatic hydroxyl groups excluding tert-OH is 1. The van der Waals surface area contributed by atoms with E-state index in [1.807, 2.05) is 13.8 Å². The predicted octanol–water partition coefficient (Wildman–Crippen LogP) is -5.91. The standard InChI is InChI=1S/C39H72N14O12/c1-18(2)15-25(50-30(56)20(5)41)34(60)48-23(12-10-14-45-39(43)44)33(59)46-21(6)31(57)51-26(16-28(42)55)35(61)52-27(17-54)36(62)47-22(7)32(58)53-29(19(3)4)37(63)49-24(38(64)65)11-8-9-13-40/h18-27,29,54H,8-17,40-41H2,1-7H3,(H2,42,55)(H,46,59)(H,47,62)(H,48,60)(H,49,63)(H,50,56)(H,51,57)(H,52,61)(H,53,58)(H,64,65)(H4,43,44,45)/t20-,21-,22-,23-,24-,25-,26-,27-,29-/m0/s1. The fraction of sp³-hybridized carbons (Fsp3) is 0.718. The van der Waals surface area contributed by atoms with E-state index in [1.165, 1.54) is 20.8 Å². The van der Waals surface area contributed by atoms with Crippen LogP contribution in [0, 0.1) is 11.8 Å². The van der Waals surface area contributed by atoms with Crippen molar-refractivity contribution in [1.82, 2.24) is 42.5 Å². The van der Waals surface area contributed by atoms with Crippen molar-refractivity contribution in [3.63, 3.8) is 0 Å². The van der Waals surface area contributed by atoms with Crippen LogP contribution in [0.2, 0.25) is 0 Å². The van der Waals surface area contributed by atoms with Crippen LogP contribution in [0.4, 0.5) is 0 Å². The number of rotatable bonds is 31. The van der Waals surface area contributed by atoms with Gasteiger partial charge >= 0.3 is 5.97 Å². The van der Waals surface area contributed by atoms with E-state index in [2.05, 4.69) is 47.5 Å². The van der Waals surface area contributed by atoms with Gasteiger partial charge in [-0.2, -0.15) is 0 Å². The molecule has 0 aliphatic heterocycles. The molecule has 0 heterocycles. The van der Waals surface area contributed by atoms with E-state index < -0.39 is 132 Å². The van der Waals surface area contributed by atoms with Crippen molar-refractivity contribution in [2.24, 2.45) is 45.5 Å². The Morgan fingerprint density at radius 1 is 0.538 bits per heavy atom. The van der Waals surface area contributed by atoms with Gasteiger partial charge in [0, 0.05) is 6.54 Å². The highest BCUT2D eigenvalue weighted by Crippen LogP contribution is 2.09. The Morgan fingerprint density at radius 3 is 1.48 bits per heavy atom. The monoisotopic (exact) mass is 929 g/mol. The molecular weight excluding hydrogens is 857 g/mol. The second-order valence-corrected chi connectivity index (χ2v) is 16.3. The first kappa shape index (κ1) is 58.8. The quantitative estimate of drug-likeness (QED) is 0.0175. The Labute approximate surface area is 378 Å². The summed E-state index contributed by atoms with van der Waals surface area (Å²) in [6.07, 6.45) is 0.592. The number of aliphatic imine (C=N–C) groups is 1. The SMILES string of the molecule is CC(C)C[C@H](NC(=O)[C@H](C)N)C(=O)N[C@@H](CCCN=C(N)N)C(=O)N[C@@H](C)C(=O)N[C@@H](CC(N)=O)C(=O)N[C@@H](CO)C(=O)N[C@@H](C)C(=O)N[C@H](C(=O)N[C@@H](CCCCN)C(=O)O)C(C)C. The van der Waals surface area contributed by atoms with Crippen molar-refractivity contribution < 1.29 is 58.2 Å². The zero-order chi connectivity index (χ0) is 50.1. The number of aliphatic hydroxyl groups is 1. The molecule has 0 bridgehead atoms. The molecule has 65 heavy (non-hydrogen) atoms. The topological polar surface area (TPSA) is 450 Å². The number of unbranched alkanes of at least 4 members (excludes halogenated alkanes) is 1. The normalized spacial score (nSPS) is 15.2. The molecule has 0 aromatic rings. The molecule has 0 saturated heterocycles. The number of nitrogens with one attached hydrogen (secondary N) is 8. The van der Waals surface area contributed by atoms with Gasteiger partial charge in [-0.3, -0.25) is 48.1 Å². The van der Waals surface area contributed by atoms with E-state index in [9.17, 15) is 58.2 Å². The Bertz CT molecular complexity index is 1670. The molecule has 370 valence electrons. The summed E-state index contributed by atoms with van der Waals surface area (Å²) in [5.74, 6) is -10.3. The lowest BCUT2D eigenvalue weighted by Crippen LogP contribution is -2.61. The Hall–Kier alpha value is -6.15. The Balaban J connectivity index is 5.95. The van der Waals surface area contributed by atoms with Crippen LogP contribution in [-0.2, 0) is 47.9 Å². The third-order valence-corrected chi connectivity index (χ3v) is 9.50. The number of hydrogen-bond acceptors (Lipinski definition) is 14. The number of amides is 9. The number of guanidine groups is 1. The summed E-state index contributed by atoms with van der Waals surface area (Å²) in [7, 11) is 0. The molecule has 26 heteroatoms. The molecule has 0 fully saturated rings. The second-order valence-electron chi connectivity index (χ2n) is 16.3. The van der Waals surface area contributed by atoms with Gasteiger partial charge in [0.05, 0.1) is 19.1 Å². The number of carboxylic acids is 1. The van der Waals surface area contributed by atoms with Gasteiger partial charge in [-0.05, 0) is 77.7 Å². The summed E-state index contributed by atoms with van der Waals surface area (Å²) in [6, 6.07) is -12.1. The van der Waals surface area contributed by atoms with Gasteiger partial charge in [0.25, 0.3) is 0 Å². The largest absolute Gasteiger partial charge is 0.480 e. The summed E-state index contributed by atoms with van der Waals surface area (Å²) >= 11 is 0. The van der Waals surface area contributed by atoms with Crippen LogP contribution in [0.5, 0.6) is 0 Å². The maximum Gasteiger partial charge on any atom is 0.326 e. The molecule has 20 N–H and O–H groups in total. The third kappa shape index (κ3) is 23.4. The molecule has 0 aliphatic carbocycles. The molecule has 9 amide bonds. The van der Waals surface area contributed by atoms with Crippen molar-refractivity contribution in [2.45, 2.75) is 148 Å². The van der Waals surface area contributed by atoms with Crippen molar-refractivity contribution in [1.29, 1.82) is 0 Å². The highest BCUT2D eigenvalue weighted by Gasteiger charge is 2.34. The second kappa shape index (κ2) is 30.1. The van der Waals surface area contributed by atoms with E-state index in [1.54, 1.807) is 13.8 Å². The molecule has 0 radical (unpaired) electrons. The summed E-state index contributed by atoms with van der Waals surface area (Å²) in [5, 5.41) is 38.7. The fourth-order valence-electron chi connectivity index (χ4n) is 5.81. The van der Waals surface area contributed by atoms with E-state index >= 15 is 0 Å². The van der Waals surface area contributed by atoms with E-state index in [4.69, 9.17) is 28.7 Å². The number of primary amides is 1. The Morgan fingerprint density at radius 2 is 1.00 bits per heavy atom. The summed E-state index contributed by atoms with van der Waals surface area (Å²) < 4.78 is 0. The van der Waals surface area contributed by atoms with Crippen LogP contribution in [0.15, 0.2) is 4.99 Å². The smallest absolute Gasteiger partial charge is 0.326 e. The Kier molecular flexibility index (Phi) is 27.2. The van der Waals surface area contributed by atoms with E-state index in [0.717, 1.165) is 0 Å². The highest BCUT2D eigenvalue weighted by atomic mass is 16.4. The molecule has 0 saturated carbocycles. The van der Waals surface area contributed by atoms with Gasteiger partial charge < -0.3 is 81.4 Å². The van der Waals surface area contributed by atoms with Crippen molar-refractivity contribution in [2.75, 3.05) is 19.7 Å². The number of hydrogen-bond donors (Lipinski definition) is 15. The minimum atomic E-state index is -1.75. The fourth-order valence-corrected chi connectivity index (χ4v) is 5.81. The van der Waals surface area contributed by atoms with Crippen LogP contribution in [0.25, 0.3) is 0 Å². The van der Waals surface area contributed by atoms with Gasteiger partial charge in [0.15, 0.2) is 5.96 Å². The molecule has 9 atom stereocenters. The first-order valence-electron chi connectivity index (χ1n) is 21.3. The van der Waals surface area contributed by atoms with Crippen LogP contribution < -0.4 is 71.2 Å². The lowest BCUT2D eigenvalue weighted by Gasteiger charge is -2.27. The maximum absolute atomic E-state index is 13.5. The number of carboxylic acid groups (broad SMARTS) is 1. The number of nitrogens with two attached hydrogens (primary N) is 5. The molecule has 0 spiro atoms. The van der Waals surface area contributed by atoms with Gasteiger partial charge in [-0.25, -0.2) is 4.79 Å². The highest BCUT2D eigenvalue weighted by molar-refractivity contribution is 5.99. The minimum absolute atomic E-state index is 0.0350. The van der Waals surface area contributed by atoms with Gasteiger partial charge in [0.1, 0.15) is 48.3 Å². The third-order valence-electron chi connectivity index (χ3n) is 9.50. The van der Waals surface area contributed by atoms with Gasteiger partial charge in [0.2, 0.25) is 53.2 Å². The molecule has 26 nitrogen and oxygen atoms in total. The number of nitrogens with zero attached hydrogens (tertiary/aromatic N) is 1. The van der Waals surface area contributed by atoms with Crippen molar-refractivity contribution >= 4 is 65.1 Å². The van der Waals surface area contributed by atoms with Crippen molar-refractivity contribution in [3.05, 3.63) is 0 Å². The lowest BCUT2D eigenvalue weighted by molar-refractivity contribution is -0.143. The van der Waals surface area contributed by atoms with E-state index in [0.29, 0.717) is 19.4 Å². The molecule has 0 unspecified atom stereocenters. The number of carbonyl (C=O) groups excluding carboxylic acids is 9. The summed E-state index contributed by atoms with van der Waals surface area (Å²) in [6.45, 7) is 10.1. The predicted molar refractivity (Wildman–Crippen MR) is 236 cm³/mol. The minimum Gasteiger partial charge on any atom is -0.480 e. The summed E-state index contributed by atoms with van der Waals surface area (Å²) in [5.41, 5.74) is 27.2. The average molecular weight is 929 g/mol. The van der Waals surface area contributed by atoms with Crippen LogP contribution in [-0.4, -0.2) is 149 Å². The van der Waals surface area contributed by atoms with Gasteiger partial charge in [-0.1, -0.05) is 27.7 Å². The molecular formula is C39H72N14O12. The van der Waals surface area contributed by atoms with Crippen LogP contribution in [0.1, 0.15) is 93.4 Å². The summed E-state index contributed by atoms with van der Waals surface area (Å²) in [4.78, 5) is 133. The maximum atomic E-state index is 13.5. The molecule has 0 rings (SSSR count). The lowest BCUT2D eigenvalue weighted by atomic mass is 10.0.